The molecule has 1 atom stereocenters. The Balaban J connectivity index is 0.00000128. The summed E-state index contributed by atoms with van der Waals surface area (Å²) in [5.41, 5.74) is 0.794. The topological polar surface area (TPSA) is 49.4 Å². The molecule has 0 spiro atoms. The molecular formula is C10H9LiO3S2. The number of aryl methyl sites for hydroxylation is 1. The fourth-order valence-electron chi connectivity index (χ4n) is 1.46. The summed E-state index contributed by atoms with van der Waals surface area (Å²) in [6.07, 6.45) is 0. The SMILES string of the molecule is COc1ccc2sc(S(=O)[O-])c(C)c2c1.[Li+]. The fraction of sp³-hybridized carbons (Fsp3) is 0.200. The van der Waals surface area contributed by atoms with Crippen LogP contribution in [0.3, 0.4) is 0 Å². The Morgan fingerprint density at radius 2 is 2.12 bits per heavy atom. The molecule has 0 saturated carbocycles. The molecular weight excluding hydrogens is 239 g/mol. The molecule has 80 valence electrons. The van der Waals surface area contributed by atoms with E-state index in [2.05, 4.69) is 0 Å². The number of thiophene rings is 1. The van der Waals surface area contributed by atoms with Gasteiger partial charge in [-0.15, -0.1) is 11.3 Å². The molecule has 0 bridgehead atoms. The normalized spacial score (nSPS) is 12.2. The Kier molecular flexibility index (Phi) is 4.59. The molecule has 1 unspecified atom stereocenters. The van der Waals surface area contributed by atoms with Gasteiger partial charge in [0.2, 0.25) is 0 Å². The van der Waals surface area contributed by atoms with Crippen LogP contribution in [0, 0.1) is 6.92 Å². The smallest absolute Gasteiger partial charge is 0.768 e. The minimum Gasteiger partial charge on any atom is -0.768 e. The van der Waals surface area contributed by atoms with Crippen molar-refractivity contribution in [2.45, 2.75) is 11.1 Å². The van der Waals surface area contributed by atoms with Crippen LogP contribution in [0.2, 0.25) is 0 Å². The summed E-state index contributed by atoms with van der Waals surface area (Å²) >= 11 is -0.871. The van der Waals surface area contributed by atoms with E-state index in [0.29, 0.717) is 4.21 Å². The Hall–Kier alpha value is -0.313. The van der Waals surface area contributed by atoms with Gasteiger partial charge in [-0.3, -0.25) is 4.21 Å². The molecule has 2 rings (SSSR count). The minimum atomic E-state index is -2.15. The van der Waals surface area contributed by atoms with Crippen LogP contribution in [-0.2, 0) is 11.1 Å². The number of rotatable bonds is 2. The van der Waals surface area contributed by atoms with Gasteiger partial charge >= 0.3 is 18.9 Å². The van der Waals surface area contributed by atoms with Crippen molar-refractivity contribution in [3.63, 3.8) is 0 Å². The molecule has 0 fully saturated rings. The molecule has 0 saturated heterocycles. The molecule has 6 heteroatoms. The Morgan fingerprint density at radius 1 is 1.44 bits per heavy atom. The summed E-state index contributed by atoms with van der Waals surface area (Å²) in [5.74, 6) is 0.742. The van der Waals surface area contributed by atoms with E-state index in [9.17, 15) is 8.76 Å². The van der Waals surface area contributed by atoms with Crippen molar-refractivity contribution in [2.75, 3.05) is 7.11 Å². The van der Waals surface area contributed by atoms with Crippen LogP contribution in [0.5, 0.6) is 5.75 Å². The second-order valence-corrected chi connectivity index (χ2v) is 5.30. The van der Waals surface area contributed by atoms with Gasteiger partial charge < -0.3 is 9.29 Å². The van der Waals surface area contributed by atoms with Crippen molar-refractivity contribution in [2.24, 2.45) is 0 Å². The maximum atomic E-state index is 10.9. The molecule has 0 radical (unpaired) electrons. The van der Waals surface area contributed by atoms with Crippen molar-refractivity contribution in [1.29, 1.82) is 0 Å². The van der Waals surface area contributed by atoms with Gasteiger partial charge in [0.15, 0.2) is 0 Å². The van der Waals surface area contributed by atoms with Crippen molar-refractivity contribution in [3.8, 4) is 5.75 Å². The summed E-state index contributed by atoms with van der Waals surface area (Å²) in [4.78, 5) is 0. The molecule has 0 amide bonds. The van der Waals surface area contributed by atoms with E-state index in [1.165, 1.54) is 11.3 Å². The van der Waals surface area contributed by atoms with Crippen LogP contribution >= 0.6 is 11.3 Å². The summed E-state index contributed by atoms with van der Waals surface area (Å²) in [6.45, 7) is 1.81. The number of benzene rings is 1. The first-order chi connectivity index (χ1) is 7.13. The van der Waals surface area contributed by atoms with E-state index in [1.807, 2.05) is 25.1 Å². The molecule has 1 aromatic carbocycles. The van der Waals surface area contributed by atoms with Gasteiger partial charge in [-0.25, -0.2) is 0 Å². The zero-order valence-corrected chi connectivity index (χ0v) is 10.9. The summed E-state index contributed by atoms with van der Waals surface area (Å²) in [6, 6.07) is 5.56. The monoisotopic (exact) mass is 248 g/mol. The Labute approximate surface area is 112 Å². The number of fused-ring (bicyclic) bond motifs is 1. The van der Waals surface area contributed by atoms with E-state index in [1.54, 1.807) is 7.11 Å². The molecule has 2 aromatic rings. The molecule has 3 nitrogen and oxygen atoms in total. The number of methoxy groups -OCH3 is 1. The van der Waals surface area contributed by atoms with Crippen LogP contribution in [0.25, 0.3) is 10.1 Å². The van der Waals surface area contributed by atoms with E-state index in [-0.39, 0.29) is 18.9 Å². The quantitative estimate of drug-likeness (QED) is 0.530. The third kappa shape index (κ3) is 2.34. The van der Waals surface area contributed by atoms with Crippen molar-refractivity contribution >= 4 is 32.5 Å². The van der Waals surface area contributed by atoms with Gasteiger partial charge in [-0.1, -0.05) is 0 Å². The largest absolute Gasteiger partial charge is 1.00 e. The predicted octanol–water partition coefficient (Wildman–Crippen LogP) is -0.540. The van der Waals surface area contributed by atoms with Gasteiger partial charge in [-0.05, 0) is 41.8 Å². The molecule has 0 aliphatic carbocycles. The molecule has 0 N–H and O–H groups in total. The second-order valence-electron chi connectivity index (χ2n) is 3.11. The van der Waals surface area contributed by atoms with Gasteiger partial charge in [0, 0.05) is 10.1 Å². The van der Waals surface area contributed by atoms with E-state index < -0.39 is 11.1 Å². The van der Waals surface area contributed by atoms with Crippen molar-refractivity contribution in [1.82, 2.24) is 0 Å². The summed E-state index contributed by atoms with van der Waals surface area (Å²) in [5, 5.41) is 0.943. The maximum absolute atomic E-state index is 10.9. The van der Waals surface area contributed by atoms with Crippen LogP contribution in [0.4, 0.5) is 0 Å². The van der Waals surface area contributed by atoms with Crippen molar-refractivity contribution < 1.29 is 32.4 Å². The first-order valence-corrected chi connectivity index (χ1v) is 6.19. The standard InChI is InChI=1S/C10H10O3S2.Li/c1-6-8-5-7(13-2)3-4-9(8)14-10(6)15(11)12;/h3-5H,1-2H3,(H,11,12);/q;+1/p-1. The van der Waals surface area contributed by atoms with Crippen LogP contribution < -0.4 is 23.6 Å². The minimum absolute atomic E-state index is 0. The average Bonchev–Trinajstić information content (AvgIpc) is 2.56. The van der Waals surface area contributed by atoms with E-state index in [4.69, 9.17) is 4.74 Å². The molecule has 16 heavy (non-hydrogen) atoms. The number of hydrogen-bond donors (Lipinski definition) is 0. The summed E-state index contributed by atoms with van der Waals surface area (Å²) in [7, 11) is 1.59. The van der Waals surface area contributed by atoms with Gasteiger partial charge in [0.25, 0.3) is 0 Å². The van der Waals surface area contributed by atoms with Crippen molar-refractivity contribution in [3.05, 3.63) is 23.8 Å². The fourth-order valence-corrected chi connectivity index (χ4v) is 3.29. The van der Waals surface area contributed by atoms with Crippen LogP contribution in [-0.4, -0.2) is 15.9 Å². The molecule has 1 aromatic heterocycles. The van der Waals surface area contributed by atoms with Crippen LogP contribution in [0.15, 0.2) is 22.4 Å². The predicted molar refractivity (Wildman–Crippen MR) is 60.3 cm³/mol. The average molecular weight is 248 g/mol. The molecule has 0 aliphatic heterocycles. The Bertz CT molecular complexity index is 536. The zero-order valence-electron chi connectivity index (χ0n) is 9.27. The maximum Gasteiger partial charge on any atom is 1.00 e. The number of ether oxygens (including phenoxy) is 1. The van der Waals surface area contributed by atoms with E-state index in [0.717, 1.165) is 21.4 Å². The third-order valence-corrected chi connectivity index (χ3v) is 4.59. The molecule has 1 heterocycles. The summed E-state index contributed by atoms with van der Waals surface area (Å²) < 4.78 is 28.3. The van der Waals surface area contributed by atoms with Gasteiger partial charge in [0.1, 0.15) is 5.75 Å². The zero-order chi connectivity index (χ0) is 11.0. The van der Waals surface area contributed by atoms with Gasteiger partial charge in [-0.2, -0.15) is 0 Å². The Morgan fingerprint density at radius 3 is 2.69 bits per heavy atom. The van der Waals surface area contributed by atoms with Gasteiger partial charge in [0.05, 0.1) is 11.3 Å². The molecule has 0 aliphatic rings. The second kappa shape index (κ2) is 5.35. The van der Waals surface area contributed by atoms with E-state index >= 15 is 0 Å². The first-order valence-electron chi connectivity index (χ1n) is 4.30. The number of hydrogen-bond acceptors (Lipinski definition) is 4. The third-order valence-electron chi connectivity index (χ3n) is 2.25. The van der Waals surface area contributed by atoms with Crippen LogP contribution in [0.1, 0.15) is 5.56 Å². The first kappa shape index (κ1) is 13.8.